The number of hydrogen-bond acceptors (Lipinski definition) is 1. The lowest BCUT2D eigenvalue weighted by Gasteiger charge is -2.29. The zero-order valence-corrected chi connectivity index (χ0v) is 35.4. The van der Waals surface area contributed by atoms with Crippen molar-refractivity contribution in [3.63, 3.8) is 0 Å². The zero-order chi connectivity index (χ0) is 41.5. The molecular formula is C59H48N2. The van der Waals surface area contributed by atoms with Gasteiger partial charge >= 0.3 is 0 Å². The van der Waals surface area contributed by atoms with Gasteiger partial charge in [-0.25, -0.2) is 0 Å². The van der Waals surface area contributed by atoms with Gasteiger partial charge in [-0.2, -0.15) is 0 Å². The van der Waals surface area contributed by atoms with E-state index in [1.165, 1.54) is 88.3 Å². The Morgan fingerprint density at radius 2 is 0.984 bits per heavy atom. The molecule has 1 aliphatic carbocycles. The summed E-state index contributed by atoms with van der Waals surface area (Å²) in [6, 6.07) is 74.1. The van der Waals surface area contributed by atoms with Crippen LogP contribution in [0, 0.1) is 0 Å². The lowest BCUT2D eigenvalue weighted by molar-refractivity contribution is 0.590. The maximum Gasteiger partial charge on any atom is 0.0547 e. The highest BCUT2D eigenvalue weighted by Crippen LogP contribution is 2.51. The Hall–Kier alpha value is -7.16. The molecule has 61 heavy (non-hydrogen) atoms. The number of fused-ring (bicyclic) bond motifs is 8. The van der Waals surface area contributed by atoms with Crippen LogP contribution >= 0.6 is 0 Å². The molecule has 10 aromatic rings. The molecule has 0 fully saturated rings. The Morgan fingerprint density at radius 1 is 0.426 bits per heavy atom. The van der Waals surface area contributed by atoms with Crippen molar-refractivity contribution in [1.82, 2.24) is 4.57 Å². The van der Waals surface area contributed by atoms with Crippen LogP contribution in [0.2, 0.25) is 0 Å². The third kappa shape index (κ3) is 6.08. The molecule has 0 bridgehead atoms. The van der Waals surface area contributed by atoms with Gasteiger partial charge in [-0.15, -0.1) is 0 Å². The van der Waals surface area contributed by atoms with E-state index in [-0.39, 0.29) is 10.8 Å². The molecule has 0 saturated carbocycles. The molecule has 2 nitrogen and oxygen atoms in total. The second kappa shape index (κ2) is 14.0. The first-order valence-electron chi connectivity index (χ1n) is 21.5. The van der Waals surface area contributed by atoms with Crippen LogP contribution in [-0.4, -0.2) is 4.57 Å². The van der Waals surface area contributed by atoms with Gasteiger partial charge in [0.15, 0.2) is 0 Å². The number of anilines is 3. The summed E-state index contributed by atoms with van der Waals surface area (Å²) in [7, 11) is 0. The van der Waals surface area contributed by atoms with E-state index >= 15 is 0 Å². The van der Waals surface area contributed by atoms with Crippen molar-refractivity contribution < 1.29 is 0 Å². The number of hydrogen-bond donors (Lipinski definition) is 0. The molecule has 0 amide bonds. The summed E-state index contributed by atoms with van der Waals surface area (Å²) < 4.78 is 2.40. The van der Waals surface area contributed by atoms with Gasteiger partial charge in [0.2, 0.25) is 0 Å². The van der Waals surface area contributed by atoms with Crippen molar-refractivity contribution in [2.75, 3.05) is 4.90 Å². The van der Waals surface area contributed by atoms with Gasteiger partial charge in [0.05, 0.1) is 11.0 Å². The Labute approximate surface area is 359 Å². The van der Waals surface area contributed by atoms with Crippen molar-refractivity contribution in [2.24, 2.45) is 0 Å². The molecule has 294 valence electrons. The predicted molar refractivity (Wildman–Crippen MR) is 260 cm³/mol. The Balaban J connectivity index is 0.949. The lowest BCUT2D eigenvalue weighted by atomic mass is 9.82. The largest absolute Gasteiger partial charge is 0.310 e. The molecule has 11 rings (SSSR count). The van der Waals surface area contributed by atoms with Crippen molar-refractivity contribution in [3.8, 4) is 39.1 Å². The van der Waals surface area contributed by atoms with Crippen LogP contribution in [0.4, 0.5) is 17.1 Å². The highest BCUT2D eigenvalue weighted by atomic mass is 15.1. The second-order valence-electron chi connectivity index (χ2n) is 18.2. The average molecular weight is 785 g/mol. The van der Waals surface area contributed by atoms with E-state index in [0.717, 1.165) is 17.1 Å². The SMILES string of the molecule is CC(C)(C)c1ccc(N(c2ccc(-c3ccc(-c4ccc5c(c4)c4c6ccccc6ccc4n5-c4ccccc4)cc3)cc2)c2ccc3c(c2)C(C)(C)c2ccccc2-3)cc1. The Morgan fingerprint density at radius 3 is 1.70 bits per heavy atom. The van der Waals surface area contributed by atoms with Gasteiger partial charge in [0.1, 0.15) is 0 Å². The fourth-order valence-corrected chi connectivity index (χ4v) is 9.87. The van der Waals surface area contributed by atoms with Crippen LogP contribution in [0.5, 0.6) is 0 Å². The van der Waals surface area contributed by atoms with Crippen LogP contribution < -0.4 is 4.90 Å². The summed E-state index contributed by atoms with van der Waals surface area (Å²) in [4.78, 5) is 2.41. The first-order chi connectivity index (χ1) is 29.6. The fourth-order valence-electron chi connectivity index (χ4n) is 9.87. The first-order valence-corrected chi connectivity index (χ1v) is 21.5. The fraction of sp³-hybridized carbons (Fsp3) is 0.119. The summed E-state index contributed by atoms with van der Waals surface area (Å²) in [5.74, 6) is 0. The van der Waals surface area contributed by atoms with Crippen molar-refractivity contribution in [1.29, 1.82) is 0 Å². The number of para-hydroxylation sites is 1. The molecule has 0 aliphatic heterocycles. The number of rotatable bonds is 6. The third-order valence-electron chi connectivity index (χ3n) is 13.2. The molecule has 0 N–H and O–H groups in total. The van der Waals surface area contributed by atoms with E-state index in [1.54, 1.807) is 0 Å². The van der Waals surface area contributed by atoms with Crippen LogP contribution in [0.1, 0.15) is 51.3 Å². The molecule has 0 atom stereocenters. The van der Waals surface area contributed by atoms with Gasteiger partial charge in [-0.05, 0) is 133 Å². The Bertz CT molecular complexity index is 3270. The minimum Gasteiger partial charge on any atom is -0.310 e. The van der Waals surface area contributed by atoms with E-state index in [2.05, 4.69) is 244 Å². The zero-order valence-electron chi connectivity index (χ0n) is 35.4. The summed E-state index contributed by atoms with van der Waals surface area (Å²) in [5.41, 5.74) is 18.6. The number of aromatic nitrogens is 1. The first kappa shape index (κ1) is 36.9. The third-order valence-corrected chi connectivity index (χ3v) is 13.2. The Kier molecular flexibility index (Phi) is 8.44. The van der Waals surface area contributed by atoms with E-state index in [1.807, 2.05) is 0 Å². The highest BCUT2D eigenvalue weighted by molar-refractivity contribution is 6.21. The van der Waals surface area contributed by atoms with Crippen LogP contribution in [0.3, 0.4) is 0 Å². The summed E-state index contributed by atoms with van der Waals surface area (Å²) >= 11 is 0. The average Bonchev–Trinajstić information content (AvgIpc) is 3.75. The second-order valence-corrected chi connectivity index (χ2v) is 18.2. The van der Waals surface area contributed by atoms with E-state index < -0.39 is 0 Å². The molecule has 0 spiro atoms. The summed E-state index contributed by atoms with van der Waals surface area (Å²) in [6.45, 7) is 11.5. The molecule has 9 aromatic carbocycles. The minimum atomic E-state index is -0.0824. The van der Waals surface area contributed by atoms with Gasteiger partial charge < -0.3 is 9.47 Å². The molecule has 0 radical (unpaired) electrons. The molecule has 0 saturated heterocycles. The van der Waals surface area contributed by atoms with Gasteiger partial charge in [0, 0.05) is 38.9 Å². The van der Waals surface area contributed by atoms with Crippen molar-refractivity contribution in [3.05, 3.63) is 217 Å². The van der Waals surface area contributed by atoms with Crippen molar-refractivity contribution >= 4 is 49.6 Å². The molecule has 1 aromatic heterocycles. The summed E-state index contributed by atoms with van der Waals surface area (Å²) in [6.07, 6.45) is 0. The maximum absolute atomic E-state index is 2.42. The normalized spacial score (nSPS) is 13.1. The van der Waals surface area contributed by atoms with Crippen molar-refractivity contribution in [2.45, 2.75) is 45.4 Å². The smallest absolute Gasteiger partial charge is 0.0547 e. The van der Waals surface area contributed by atoms with Crippen LogP contribution in [0.25, 0.3) is 71.6 Å². The monoisotopic (exact) mass is 784 g/mol. The lowest BCUT2D eigenvalue weighted by Crippen LogP contribution is -2.17. The van der Waals surface area contributed by atoms with Crippen LogP contribution in [-0.2, 0) is 10.8 Å². The standard InChI is InChI=1S/C59H48N2/c1-58(2,3)44-27-31-47(32-28-44)60(48-33-34-51-50-17-11-12-18-53(50)59(4,5)54(51)38-48)46-29-23-40(24-30-46)39-19-21-41(22-20-39)43-26-35-55-52(37-43)57-49-16-10-9-13-42(49)25-36-56(57)61(55)45-14-7-6-8-15-45/h6-38H,1-5H3. The minimum absolute atomic E-state index is 0.0777. The van der Waals surface area contributed by atoms with E-state index in [4.69, 9.17) is 0 Å². The van der Waals surface area contributed by atoms with E-state index in [9.17, 15) is 0 Å². The number of benzene rings is 9. The highest BCUT2D eigenvalue weighted by Gasteiger charge is 2.35. The molecule has 1 aliphatic rings. The van der Waals surface area contributed by atoms with Gasteiger partial charge in [0.25, 0.3) is 0 Å². The molecule has 2 heteroatoms. The van der Waals surface area contributed by atoms with Crippen LogP contribution in [0.15, 0.2) is 200 Å². The summed E-state index contributed by atoms with van der Waals surface area (Å²) in [5, 5.41) is 5.10. The topological polar surface area (TPSA) is 8.17 Å². The van der Waals surface area contributed by atoms with Gasteiger partial charge in [-0.1, -0.05) is 168 Å². The molecular weight excluding hydrogens is 737 g/mol. The maximum atomic E-state index is 2.42. The van der Waals surface area contributed by atoms with E-state index in [0.29, 0.717) is 0 Å². The molecule has 1 heterocycles. The van der Waals surface area contributed by atoms with Gasteiger partial charge in [-0.3, -0.25) is 0 Å². The molecule has 0 unspecified atom stereocenters. The number of nitrogens with zero attached hydrogens (tertiary/aromatic N) is 2. The predicted octanol–water partition coefficient (Wildman–Crippen LogP) is 16.3. The quantitative estimate of drug-likeness (QED) is 0.163.